The van der Waals surface area contributed by atoms with Gasteiger partial charge in [-0.05, 0) is 41.3 Å². The molecular formula is C22H22N4. The summed E-state index contributed by atoms with van der Waals surface area (Å²) in [6, 6.07) is 23.5. The molecule has 0 amide bonds. The van der Waals surface area contributed by atoms with Crippen LogP contribution in [0.1, 0.15) is 31.0 Å². The van der Waals surface area contributed by atoms with E-state index in [9.17, 15) is 0 Å². The molecule has 4 heteroatoms. The van der Waals surface area contributed by atoms with Gasteiger partial charge in [0.15, 0.2) is 0 Å². The molecule has 2 heterocycles. The maximum atomic E-state index is 4.58. The highest BCUT2D eigenvalue weighted by atomic mass is 15.5. The Morgan fingerprint density at radius 3 is 2.46 bits per heavy atom. The van der Waals surface area contributed by atoms with Gasteiger partial charge in [-0.15, -0.1) is 5.10 Å². The fourth-order valence-corrected chi connectivity index (χ4v) is 4.19. The van der Waals surface area contributed by atoms with Gasteiger partial charge in [-0.25, -0.2) is 4.68 Å². The Balaban J connectivity index is 1.74. The minimum Gasteiger partial charge on any atom is -0.278 e. The number of nitrogens with zero attached hydrogens (tertiary/aromatic N) is 4. The first kappa shape index (κ1) is 15.5. The zero-order valence-electron chi connectivity index (χ0n) is 14.8. The third-order valence-corrected chi connectivity index (χ3v) is 5.45. The second-order valence-electron chi connectivity index (χ2n) is 7.06. The van der Waals surface area contributed by atoms with Crippen molar-refractivity contribution in [2.45, 2.75) is 25.4 Å². The topological polar surface area (TPSA) is 34.0 Å². The van der Waals surface area contributed by atoms with Gasteiger partial charge < -0.3 is 0 Å². The number of fused-ring (bicyclic) bond motifs is 2. The van der Waals surface area contributed by atoms with Crippen molar-refractivity contribution >= 4 is 21.8 Å². The Kier molecular flexibility index (Phi) is 3.91. The van der Waals surface area contributed by atoms with Gasteiger partial charge in [0, 0.05) is 13.1 Å². The summed E-state index contributed by atoms with van der Waals surface area (Å²) in [4.78, 5) is 2.56. The van der Waals surface area contributed by atoms with Gasteiger partial charge in [0.1, 0.15) is 11.7 Å². The molecule has 1 atom stereocenters. The molecule has 0 N–H and O–H groups in total. The fourth-order valence-electron chi connectivity index (χ4n) is 4.19. The highest BCUT2D eigenvalue weighted by Crippen LogP contribution is 2.32. The third-order valence-electron chi connectivity index (χ3n) is 5.45. The van der Waals surface area contributed by atoms with Crippen molar-refractivity contribution in [1.82, 2.24) is 19.9 Å². The van der Waals surface area contributed by atoms with Gasteiger partial charge in [0.25, 0.3) is 0 Å². The number of hydrogen-bond donors (Lipinski definition) is 0. The van der Waals surface area contributed by atoms with E-state index in [4.69, 9.17) is 0 Å². The van der Waals surface area contributed by atoms with Crippen LogP contribution in [0.2, 0.25) is 0 Å². The van der Waals surface area contributed by atoms with E-state index in [0.717, 1.165) is 24.1 Å². The van der Waals surface area contributed by atoms with Gasteiger partial charge in [-0.2, -0.15) is 0 Å². The average Bonchev–Trinajstić information content (AvgIpc) is 3.13. The first-order chi connectivity index (χ1) is 12.9. The minimum absolute atomic E-state index is 0.0776. The summed E-state index contributed by atoms with van der Waals surface area (Å²) in [5, 5.41) is 11.6. The molecule has 3 aromatic carbocycles. The molecule has 1 unspecified atom stereocenters. The summed E-state index contributed by atoms with van der Waals surface area (Å²) < 4.78 is 2.11. The SMILES string of the molecule is c1ccc2c(C(N3CCCCC3)n3nnc4ccccc43)cccc2c1. The number of rotatable bonds is 3. The minimum atomic E-state index is 0.0776. The molecule has 0 radical (unpaired) electrons. The van der Waals surface area contributed by atoms with E-state index in [0.29, 0.717) is 0 Å². The molecule has 26 heavy (non-hydrogen) atoms. The number of benzene rings is 3. The number of likely N-dealkylation sites (tertiary alicyclic amines) is 1. The van der Waals surface area contributed by atoms with Gasteiger partial charge in [-0.3, -0.25) is 4.90 Å². The van der Waals surface area contributed by atoms with E-state index >= 15 is 0 Å². The van der Waals surface area contributed by atoms with Crippen LogP contribution in [0.5, 0.6) is 0 Å². The van der Waals surface area contributed by atoms with Crippen molar-refractivity contribution in [3.63, 3.8) is 0 Å². The molecule has 1 aliphatic heterocycles. The zero-order chi connectivity index (χ0) is 17.3. The molecule has 0 bridgehead atoms. The van der Waals surface area contributed by atoms with Crippen LogP contribution in [0.15, 0.2) is 66.7 Å². The normalized spacial score (nSPS) is 16.9. The Labute approximate surface area is 153 Å². The van der Waals surface area contributed by atoms with Gasteiger partial charge >= 0.3 is 0 Å². The van der Waals surface area contributed by atoms with Crippen molar-refractivity contribution in [1.29, 1.82) is 0 Å². The maximum absolute atomic E-state index is 4.58. The molecule has 0 aliphatic carbocycles. The Morgan fingerprint density at radius 1 is 0.769 bits per heavy atom. The van der Waals surface area contributed by atoms with Crippen LogP contribution >= 0.6 is 0 Å². The molecule has 1 saturated heterocycles. The molecule has 130 valence electrons. The lowest BCUT2D eigenvalue weighted by Crippen LogP contribution is -2.38. The predicted octanol–water partition coefficient (Wildman–Crippen LogP) is 4.62. The van der Waals surface area contributed by atoms with E-state index < -0.39 is 0 Å². The summed E-state index contributed by atoms with van der Waals surface area (Å²) in [5.74, 6) is 0. The van der Waals surface area contributed by atoms with Gasteiger partial charge in [0.05, 0.1) is 5.52 Å². The van der Waals surface area contributed by atoms with Crippen molar-refractivity contribution in [3.8, 4) is 0 Å². The number of para-hydroxylation sites is 1. The van der Waals surface area contributed by atoms with Crippen LogP contribution in [0.25, 0.3) is 21.8 Å². The van der Waals surface area contributed by atoms with Crippen LogP contribution < -0.4 is 0 Å². The van der Waals surface area contributed by atoms with Crippen LogP contribution in [0, 0.1) is 0 Å². The molecule has 1 fully saturated rings. The van der Waals surface area contributed by atoms with Crippen molar-refractivity contribution < 1.29 is 0 Å². The van der Waals surface area contributed by atoms with Crippen molar-refractivity contribution in [2.24, 2.45) is 0 Å². The summed E-state index contributed by atoms with van der Waals surface area (Å²) >= 11 is 0. The monoisotopic (exact) mass is 342 g/mol. The lowest BCUT2D eigenvalue weighted by atomic mass is 10.00. The highest BCUT2D eigenvalue weighted by Gasteiger charge is 2.27. The zero-order valence-corrected chi connectivity index (χ0v) is 14.8. The number of hydrogen-bond acceptors (Lipinski definition) is 3. The van der Waals surface area contributed by atoms with E-state index in [-0.39, 0.29) is 6.17 Å². The van der Waals surface area contributed by atoms with Crippen LogP contribution in [-0.4, -0.2) is 33.0 Å². The lowest BCUT2D eigenvalue weighted by Gasteiger charge is -2.35. The van der Waals surface area contributed by atoms with Crippen molar-refractivity contribution in [2.75, 3.05) is 13.1 Å². The number of aromatic nitrogens is 3. The van der Waals surface area contributed by atoms with Crippen LogP contribution in [-0.2, 0) is 0 Å². The van der Waals surface area contributed by atoms with E-state index in [1.54, 1.807) is 0 Å². The van der Waals surface area contributed by atoms with E-state index in [1.165, 1.54) is 35.6 Å². The molecular weight excluding hydrogens is 320 g/mol. The molecule has 5 rings (SSSR count). The summed E-state index contributed by atoms with van der Waals surface area (Å²) in [6.45, 7) is 2.20. The largest absolute Gasteiger partial charge is 0.278 e. The molecule has 0 saturated carbocycles. The first-order valence-electron chi connectivity index (χ1n) is 9.43. The standard InChI is InChI=1S/C22H22N4/c1-6-15-25(16-7-1)22(26-21-14-5-4-13-20(21)23-24-26)19-12-8-10-17-9-2-3-11-18(17)19/h2-5,8-14,22H,1,6-7,15-16H2. The Hall–Kier alpha value is -2.72. The quantitative estimate of drug-likeness (QED) is 0.545. The fraction of sp³-hybridized carbons (Fsp3) is 0.273. The smallest absolute Gasteiger partial charge is 0.133 e. The van der Waals surface area contributed by atoms with Crippen molar-refractivity contribution in [3.05, 3.63) is 72.3 Å². The van der Waals surface area contributed by atoms with Gasteiger partial charge in [-0.1, -0.05) is 66.2 Å². The van der Waals surface area contributed by atoms with E-state index in [2.05, 4.69) is 74.5 Å². The maximum Gasteiger partial charge on any atom is 0.133 e. The molecule has 1 aliphatic rings. The molecule has 1 aromatic heterocycles. The number of piperidine rings is 1. The first-order valence-corrected chi connectivity index (χ1v) is 9.43. The van der Waals surface area contributed by atoms with E-state index in [1.807, 2.05) is 12.1 Å². The Bertz CT molecular complexity index is 1040. The predicted molar refractivity (Wildman–Crippen MR) is 105 cm³/mol. The summed E-state index contributed by atoms with van der Waals surface area (Å²) in [7, 11) is 0. The molecule has 4 aromatic rings. The average molecular weight is 342 g/mol. The lowest BCUT2D eigenvalue weighted by molar-refractivity contribution is 0.135. The molecule has 4 nitrogen and oxygen atoms in total. The summed E-state index contributed by atoms with van der Waals surface area (Å²) in [5.41, 5.74) is 3.35. The second-order valence-corrected chi connectivity index (χ2v) is 7.06. The van der Waals surface area contributed by atoms with Gasteiger partial charge in [0.2, 0.25) is 0 Å². The molecule has 0 spiro atoms. The summed E-state index contributed by atoms with van der Waals surface area (Å²) in [6.07, 6.45) is 3.88. The second kappa shape index (κ2) is 6.54. The Morgan fingerprint density at radius 2 is 1.54 bits per heavy atom. The van der Waals surface area contributed by atoms with Crippen LogP contribution in [0.3, 0.4) is 0 Å². The highest BCUT2D eigenvalue weighted by molar-refractivity contribution is 5.86. The third kappa shape index (κ3) is 2.58. The van der Waals surface area contributed by atoms with Crippen LogP contribution in [0.4, 0.5) is 0 Å².